The van der Waals surface area contributed by atoms with Crippen LogP contribution in [0.25, 0.3) is 0 Å². The van der Waals surface area contributed by atoms with Gasteiger partial charge in [0.15, 0.2) is 4.77 Å². The molecule has 1 unspecified atom stereocenters. The number of aliphatic hydroxyl groups excluding tert-OH is 1. The van der Waals surface area contributed by atoms with Crippen molar-refractivity contribution in [2.24, 2.45) is 7.05 Å². The second kappa shape index (κ2) is 57.7. The SMILES string of the molecule is CC.CC.CC.CC.CC(O)c1cn(C)cn1.CC=O.CCc1c[nH]c(=S)[nH]1.CCc1cnc[nH]1.[CH2-]c1cn(C(c2ccccc2)(c2ccccc2)c2ccccc2)cn1.[H-].[Mg+2].c1ccccc1.c1ccccc1.c1ccccc1.c1ccccc1. The summed E-state index contributed by atoms with van der Waals surface area (Å²) < 4.78 is 4.68. The monoisotopic (exact) mass is 1170 g/mol. The van der Waals surface area contributed by atoms with E-state index < -0.39 is 11.6 Å². The van der Waals surface area contributed by atoms with Crippen LogP contribution < -0.4 is 0 Å². The molecule has 0 amide bonds. The van der Waals surface area contributed by atoms with Crippen molar-refractivity contribution in [1.82, 2.24) is 39.0 Å². The fraction of sp³-hybridized carbons (Fsp3) is 0.233. The molecule has 12 heteroatoms. The topological polar surface area (TPSA) is 133 Å². The number of H-pyrrole nitrogens is 3. The number of hydrogen-bond donors (Lipinski definition) is 4. The van der Waals surface area contributed by atoms with E-state index in [0.29, 0.717) is 4.77 Å². The summed E-state index contributed by atoms with van der Waals surface area (Å²) in [6.45, 7) is 27.3. The van der Waals surface area contributed by atoms with E-state index in [1.54, 1.807) is 25.8 Å². The molecule has 0 spiro atoms. The van der Waals surface area contributed by atoms with Crippen LogP contribution in [0.15, 0.2) is 280 Å². The zero-order valence-corrected chi connectivity index (χ0v) is 55.3. The molecular formula is C73H98MgN8O2S. The molecule has 0 fully saturated rings. The Labute approximate surface area is 534 Å². The number of carbonyl (C=O) groups excluding carboxylic acids is 1. The first-order chi connectivity index (χ1) is 41.2. The van der Waals surface area contributed by atoms with Crippen LogP contribution in [-0.4, -0.2) is 73.5 Å². The Bertz CT molecular complexity index is 2730. The maximum atomic E-state index is 8.96. The number of aromatic amines is 3. The summed E-state index contributed by atoms with van der Waals surface area (Å²) in [7, 11) is 1.87. The van der Waals surface area contributed by atoms with Crippen LogP contribution in [0.2, 0.25) is 0 Å². The Morgan fingerprint density at radius 2 is 0.871 bits per heavy atom. The second-order valence-electron chi connectivity index (χ2n) is 16.1. The third-order valence-electron chi connectivity index (χ3n) is 10.4. The molecule has 0 saturated heterocycles. The quantitative estimate of drug-likeness (QED) is 0.0413. The maximum Gasteiger partial charge on any atom is 2.00 e. The fourth-order valence-electron chi connectivity index (χ4n) is 6.76. The fourth-order valence-corrected chi connectivity index (χ4v) is 6.95. The van der Waals surface area contributed by atoms with Crippen molar-refractivity contribution in [2.45, 2.75) is 108 Å². The van der Waals surface area contributed by atoms with Crippen molar-refractivity contribution in [3.05, 3.63) is 332 Å². The molecule has 450 valence electrons. The summed E-state index contributed by atoms with van der Waals surface area (Å²) in [6, 6.07) is 79.6. The van der Waals surface area contributed by atoms with Gasteiger partial charge in [0.1, 0.15) is 11.8 Å². The van der Waals surface area contributed by atoms with Crippen LogP contribution in [0.3, 0.4) is 0 Å². The van der Waals surface area contributed by atoms with E-state index in [9.17, 15) is 0 Å². The van der Waals surface area contributed by atoms with Gasteiger partial charge in [-0.2, -0.15) is 0 Å². The van der Waals surface area contributed by atoms with E-state index in [4.69, 9.17) is 22.1 Å². The van der Waals surface area contributed by atoms with Gasteiger partial charge in [-0.25, -0.2) is 16.9 Å². The molecule has 85 heavy (non-hydrogen) atoms. The Kier molecular flexibility index (Phi) is 55.0. The Balaban J connectivity index is -0.000000467. The summed E-state index contributed by atoms with van der Waals surface area (Å²) in [4.78, 5) is 29.8. The van der Waals surface area contributed by atoms with E-state index in [0.717, 1.165) is 36.2 Å². The molecule has 0 saturated carbocycles. The number of aldehydes is 1. The molecule has 4 aromatic heterocycles. The number of imidazole rings is 4. The van der Waals surface area contributed by atoms with Crippen LogP contribution in [-0.2, 0) is 30.2 Å². The van der Waals surface area contributed by atoms with Gasteiger partial charge in [-0.15, -0.1) is 6.20 Å². The standard InChI is InChI=1S/C23H19N2.C6H10N2O.4C6H6.C5H8N2S.C5H8N2.C2H4O.4C2H6.Mg.H/c1-19-17-25(18-24-19)23(20-11-5-2-6-12-20,21-13-7-3-8-14-21)22-15-9-4-10-16-22;1-5(9)6-3-8(2)4-7-6;4*1-2-4-6-5-3-1;1-2-4-3-6-5(8)7-4;1-2-5-3-6-4-7-5;1-2-3;4*1-2;;/h2-18H,1H2;3-5,9H,1-2H3;4*1-6H;3H,2H2,1H3,(H2,6,7,8);3-4H,2H2,1H3,(H,6,7);2H,1H3;4*1-2H3;;/q-1;;;;;;;;;;;;;+2;-1. The molecule has 11 rings (SSSR count). The maximum absolute atomic E-state index is 8.96. The van der Waals surface area contributed by atoms with Gasteiger partial charge < -0.3 is 35.4 Å². The number of aliphatic hydroxyl groups is 1. The van der Waals surface area contributed by atoms with Crippen LogP contribution in [0.1, 0.15) is 130 Å². The minimum atomic E-state index is -0.493. The third kappa shape index (κ3) is 36.9. The van der Waals surface area contributed by atoms with Crippen molar-refractivity contribution in [3.8, 4) is 0 Å². The van der Waals surface area contributed by atoms with E-state index in [2.05, 4.69) is 128 Å². The minimum Gasteiger partial charge on any atom is -1.00 e. The van der Waals surface area contributed by atoms with Crippen LogP contribution >= 0.6 is 12.2 Å². The molecule has 10 nitrogen and oxygen atoms in total. The Morgan fingerprint density at radius 1 is 0.553 bits per heavy atom. The van der Waals surface area contributed by atoms with Crippen LogP contribution in [0, 0.1) is 11.7 Å². The Hall–Kier alpha value is -8.13. The third-order valence-corrected chi connectivity index (χ3v) is 10.6. The van der Waals surface area contributed by atoms with Gasteiger partial charge in [0.2, 0.25) is 0 Å². The molecule has 0 aliphatic heterocycles. The molecule has 0 aliphatic rings. The van der Waals surface area contributed by atoms with Crippen molar-refractivity contribution in [3.63, 3.8) is 0 Å². The molecule has 0 aliphatic carbocycles. The molecule has 0 bridgehead atoms. The summed E-state index contributed by atoms with van der Waals surface area (Å²) in [6.07, 6.45) is 15.1. The number of benzene rings is 7. The summed E-state index contributed by atoms with van der Waals surface area (Å²) >= 11 is 4.79. The molecule has 4 heterocycles. The second-order valence-corrected chi connectivity index (χ2v) is 16.5. The van der Waals surface area contributed by atoms with E-state index in [1.165, 1.54) is 29.3 Å². The summed E-state index contributed by atoms with van der Waals surface area (Å²) in [5.74, 6) is 0. The summed E-state index contributed by atoms with van der Waals surface area (Å²) in [5.41, 5.74) is 6.89. The van der Waals surface area contributed by atoms with Gasteiger partial charge >= 0.3 is 23.1 Å². The van der Waals surface area contributed by atoms with Gasteiger partial charge in [0.25, 0.3) is 0 Å². The predicted octanol–water partition coefficient (Wildman–Crippen LogP) is 18.8. The number of hydrogen-bond acceptors (Lipinski definition) is 6. The number of aryl methyl sites for hydroxylation is 3. The Morgan fingerprint density at radius 3 is 1.05 bits per heavy atom. The number of nitrogens with zero attached hydrogens (tertiary/aromatic N) is 5. The number of rotatable bonds is 7. The van der Waals surface area contributed by atoms with Crippen LogP contribution in [0.5, 0.6) is 0 Å². The molecule has 7 aromatic carbocycles. The van der Waals surface area contributed by atoms with Gasteiger partial charge in [-0.05, 0) is 55.6 Å². The van der Waals surface area contributed by atoms with Gasteiger partial charge in [-0.3, -0.25) is 4.98 Å². The smallest absolute Gasteiger partial charge is 1.00 e. The first kappa shape index (κ1) is 81.1. The zero-order valence-electron chi connectivity index (χ0n) is 54.0. The molecule has 1 atom stereocenters. The van der Waals surface area contributed by atoms with Crippen molar-refractivity contribution < 1.29 is 11.3 Å². The van der Waals surface area contributed by atoms with Crippen molar-refractivity contribution in [1.29, 1.82) is 0 Å². The largest absolute Gasteiger partial charge is 2.00 e. The summed E-state index contributed by atoms with van der Waals surface area (Å²) in [5, 5.41) is 8.96. The average molecular weight is 1180 g/mol. The van der Waals surface area contributed by atoms with Crippen molar-refractivity contribution in [2.75, 3.05) is 0 Å². The number of nitrogens with one attached hydrogen (secondary N) is 3. The van der Waals surface area contributed by atoms with E-state index in [-0.39, 0.29) is 24.5 Å². The number of carbonyl (C=O) groups is 1. The molecule has 0 radical (unpaired) electrons. The normalized spacial score (nSPS) is 9.15. The van der Waals surface area contributed by atoms with Gasteiger partial charge in [0.05, 0.1) is 30.8 Å². The van der Waals surface area contributed by atoms with E-state index >= 15 is 0 Å². The van der Waals surface area contributed by atoms with Gasteiger partial charge in [-0.1, -0.05) is 312 Å². The number of aromatic nitrogens is 8. The zero-order chi connectivity index (χ0) is 62.7. The molecule has 4 N–H and O–H groups in total. The van der Waals surface area contributed by atoms with E-state index in [1.807, 2.05) is 256 Å². The average Bonchev–Trinajstić information content (AvgIpc) is 1.68. The minimum absolute atomic E-state index is 0. The first-order valence-corrected chi connectivity index (χ1v) is 29.4. The molecular weight excluding hydrogens is 1080 g/mol. The van der Waals surface area contributed by atoms with Crippen LogP contribution in [0.4, 0.5) is 0 Å². The molecule has 11 aromatic rings. The van der Waals surface area contributed by atoms with Crippen molar-refractivity contribution >= 4 is 41.6 Å². The van der Waals surface area contributed by atoms with Gasteiger partial charge in [0, 0.05) is 37.0 Å². The first-order valence-electron chi connectivity index (χ1n) is 29.0. The predicted molar refractivity (Wildman–Crippen MR) is 368 cm³/mol.